The van der Waals surface area contributed by atoms with E-state index < -0.39 is 0 Å². The molecule has 4 rings (SSSR count). The summed E-state index contributed by atoms with van der Waals surface area (Å²) >= 11 is 1.64. The number of benzene rings is 1. The Bertz CT molecular complexity index is 749. The Morgan fingerprint density at radius 1 is 1.32 bits per heavy atom. The zero-order chi connectivity index (χ0) is 14.8. The molecule has 1 saturated carbocycles. The van der Waals surface area contributed by atoms with E-state index in [1.165, 1.54) is 19.3 Å². The molecule has 3 aromatic rings. The molecule has 0 bridgehead atoms. The summed E-state index contributed by atoms with van der Waals surface area (Å²) in [5.41, 5.74) is 2.14. The third-order valence-electron chi connectivity index (χ3n) is 3.93. The fourth-order valence-corrected chi connectivity index (χ4v) is 3.10. The maximum atomic E-state index is 5.33. The summed E-state index contributed by atoms with van der Waals surface area (Å²) in [4.78, 5) is 8.80. The molecule has 1 fully saturated rings. The van der Waals surface area contributed by atoms with Crippen molar-refractivity contribution < 1.29 is 4.52 Å². The molecular weight excluding hydrogens is 296 g/mol. The summed E-state index contributed by atoms with van der Waals surface area (Å²) < 4.78 is 5.33. The third kappa shape index (κ3) is 2.74. The molecule has 112 valence electrons. The maximum absolute atomic E-state index is 5.33. The number of anilines is 1. The van der Waals surface area contributed by atoms with Crippen molar-refractivity contribution >= 4 is 17.0 Å². The zero-order valence-corrected chi connectivity index (χ0v) is 12.8. The largest absolute Gasteiger partial charge is 0.378 e. The van der Waals surface area contributed by atoms with Crippen LogP contribution in [0.4, 0.5) is 5.69 Å². The first kappa shape index (κ1) is 13.5. The number of nitrogens with zero attached hydrogens (tertiary/aromatic N) is 3. The average Bonchev–Trinajstić information content (AvgIpc) is 3.15. The highest BCUT2D eigenvalue weighted by Gasteiger charge is 2.25. The second-order valence-electron chi connectivity index (χ2n) is 5.45. The van der Waals surface area contributed by atoms with Crippen molar-refractivity contribution in [2.45, 2.75) is 31.7 Å². The van der Waals surface area contributed by atoms with Gasteiger partial charge in [-0.15, -0.1) is 11.3 Å². The quantitative estimate of drug-likeness (QED) is 0.769. The Morgan fingerprint density at radius 3 is 3.05 bits per heavy atom. The Morgan fingerprint density at radius 2 is 2.27 bits per heavy atom. The predicted molar refractivity (Wildman–Crippen MR) is 85.8 cm³/mol. The van der Waals surface area contributed by atoms with E-state index in [-0.39, 0.29) is 0 Å². The molecule has 0 aliphatic heterocycles. The number of rotatable bonds is 5. The van der Waals surface area contributed by atoms with Crippen LogP contribution in [-0.4, -0.2) is 15.1 Å². The molecule has 1 N–H and O–H groups in total. The molecule has 0 amide bonds. The highest BCUT2D eigenvalue weighted by atomic mass is 32.1. The smallest absolute Gasteiger partial charge is 0.229 e. The van der Waals surface area contributed by atoms with Crippen molar-refractivity contribution in [3.8, 4) is 10.6 Å². The van der Waals surface area contributed by atoms with Gasteiger partial charge in [0.1, 0.15) is 5.01 Å². The van der Waals surface area contributed by atoms with Crippen LogP contribution in [0.25, 0.3) is 10.6 Å². The number of thiazole rings is 1. The van der Waals surface area contributed by atoms with Crippen LogP contribution in [0.3, 0.4) is 0 Å². The Hall–Kier alpha value is -2.21. The third-order valence-corrected chi connectivity index (χ3v) is 4.75. The van der Waals surface area contributed by atoms with Gasteiger partial charge >= 0.3 is 0 Å². The standard InChI is InChI=1S/C16H16N4OS/c1-3-11(4-1)15-19-14(20-21-15)10-18-13-6-2-5-12(9-13)16-17-7-8-22-16/h2,5-9,11,18H,1,3-4,10H2. The number of nitrogens with one attached hydrogen (secondary N) is 1. The Balaban J connectivity index is 1.43. The lowest BCUT2D eigenvalue weighted by atomic mass is 9.85. The highest BCUT2D eigenvalue weighted by molar-refractivity contribution is 7.13. The van der Waals surface area contributed by atoms with E-state index in [9.17, 15) is 0 Å². The molecule has 1 aliphatic carbocycles. The first-order valence-electron chi connectivity index (χ1n) is 7.45. The van der Waals surface area contributed by atoms with Crippen LogP contribution in [0.15, 0.2) is 40.4 Å². The lowest BCUT2D eigenvalue weighted by Crippen LogP contribution is -2.09. The van der Waals surface area contributed by atoms with Crippen molar-refractivity contribution in [2.75, 3.05) is 5.32 Å². The van der Waals surface area contributed by atoms with Crippen LogP contribution in [0.2, 0.25) is 0 Å². The highest BCUT2D eigenvalue weighted by Crippen LogP contribution is 2.35. The van der Waals surface area contributed by atoms with Gasteiger partial charge in [-0.2, -0.15) is 4.98 Å². The van der Waals surface area contributed by atoms with Gasteiger partial charge in [-0.25, -0.2) is 4.98 Å². The molecule has 1 aliphatic rings. The molecule has 2 aromatic heterocycles. The first-order chi connectivity index (χ1) is 10.9. The van der Waals surface area contributed by atoms with E-state index >= 15 is 0 Å². The summed E-state index contributed by atoms with van der Waals surface area (Å²) in [5.74, 6) is 1.98. The predicted octanol–water partition coefficient (Wildman–Crippen LogP) is 4.07. The van der Waals surface area contributed by atoms with E-state index in [0.29, 0.717) is 18.3 Å². The SMILES string of the molecule is c1cc(NCc2noc(C3CCC3)n2)cc(-c2nccs2)c1. The van der Waals surface area contributed by atoms with Gasteiger partial charge in [0.05, 0.1) is 6.54 Å². The maximum Gasteiger partial charge on any atom is 0.229 e. The molecule has 0 unspecified atom stereocenters. The topological polar surface area (TPSA) is 63.8 Å². The van der Waals surface area contributed by atoms with Gasteiger partial charge in [-0.05, 0) is 25.0 Å². The van der Waals surface area contributed by atoms with Crippen molar-refractivity contribution in [2.24, 2.45) is 0 Å². The minimum atomic E-state index is 0.481. The summed E-state index contributed by atoms with van der Waals surface area (Å²) in [6.07, 6.45) is 5.43. The zero-order valence-electron chi connectivity index (χ0n) is 12.0. The first-order valence-corrected chi connectivity index (χ1v) is 8.33. The van der Waals surface area contributed by atoms with E-state index in [1.54, 1.807) is 11.3 Å². The second kappa shape index (κ2) is 5.88. The van der Waals surface area contributed by atoms with Crippen LogP contribution >= 0.6 is 11.3 Å². The van der Waals surface area contributed by atoms with Crippen LogP contribution < -0.4 is 5.32 Å². The monoisotopic (exact) mass is 312 g/mol. The van der Waals surface area contributed by atoms with E-state index in [2.05, 4.69) is 32.6 Å². The molecule has 2 heterocycles. The van der Waals surface area contributed by atoms with Crippen LogP contribution in [0, 0.1) is 0 Å². The molecule has 5 nitrogen and oxygen atoms in total. The lowest BCUT2D eigenvalue weighted by molar-refractivity contribution is 0.291. The van der Waals surface area contributed by atoms with Gasteiger partial charge in [0.15, 0.2) is 5.82 Å². The van der Waals surface area contributed by atoms with Crippen molar-refractivity contribution in [1.29, 1.82) is 0 Å². The summed E-state index contributed by atoms with van der Waals surface area (Å²) in [5, 5.41) is 10.4. The lowest BCUT2D eigenvalue weighted by Gasteiger charge is -2.20. The van der Waals surface area contributed by atoms with Gasteiger partial charge < -0.3 is 9.84 Å². The van der Waals surface area contributed by atoms with Crippen molar-refractivity contribution in [3.63, 3.8) is 0 Å². The molecule has 6 heteroatoms. The fraction of sp³-hybridized carbons (Fsp3) is 0.312. The van der Waals surface area contributed by atoms with E-state index in [0.717, 1.165) is 22.1 Å². The number of aromatic nitrogens is 3. The van der Waals surface area contributed by atoms with E-state index in [4.69, 9.17) is 4.52 Å². The number of hydrogen-bond donors (Lipinski definition) is 1. The van der Waals surface area contributed by atoms with Gasteiger partial charge in [-0.1, -0.05) is 23.7 Å². The normalized spacial score (nSPS) is 14.7. The van der Waals surface area contributed by atoms with Crippen molar-refractivity contribution in [3.05, 3.63) is 47.6 Å². The Labute approximate surface area is 132 Å². The van der Waals surface area contributed by atoms with Crippen molar-refractivity contribution in [1.82, 2.24) is 15.1 Å². The molecule has 0 atom stereocenters. The van der Waals surface area contributed by atoms with Crippen LogP contribution in [0.1, 0.15) is 36.9 Å². The van der Waals surface area contributed by atoms with Gasteiger partial charge in [-0.3, -0.25) is 0 Å². The molecule has 0 radical (unpaired) electrons. The summed E-state index contributed by atoms with van der Waals surface area (Å²) in [6, 6.07) is 8.21. The van der Waals surface area contributed by atoms with Gasteiger partial charge in [0.2, 0.25) is 5.89 Å². The average molecular weight is 312 g/mol. The summed E-state index contributed by atoms with van der Waals surface area (Å²) in [7, 11) is 0. The molecular formula is C16H16N4OS. The van der Waals surface area contributed by atoms with Gasteiger partial charge in [0, 0.05) is 28.7 Å². The van der Waals surface area contributed by atoms with Crippen LogP contribution in [0.5, 0.6) is 0 Å². The number of hydrogen-bond acceptors (Lipinski definition) is 6. The van der Waals surface area contributed by atoms with E-state index in [1.807, 2.05) is 23.7 Å². The molecule has 0 spiro atoms. The second-order valence-corrected chi connectivity index (χ2v) is 6.34. The van der Waals surface area contributed by atoms with Gasteiger partial charge in [0.25, 0.3) is 0 Å². The fourth-order valence-electron chi connectivity index (χ4n) is 2.47. The van der Waals surface area contributed by atoms with Crippen LogP contribution in [-0.2, 0) is 6.54 Å². The minimum Gasteiger partial charge on any atom is -0.378 e. The summed E-state index contributed by atoms with van der Waals surface area (Å²) in [6.45, 7) is 0.567. The Kier molecular flexibility index (Phi) is 3.60. The molecule has 22 heavy (non-hydrogen) atoms. The molecule has 0 saturated heterocycles. The molecule has 1 aromatic carbocycles. The minimum absolute atomic E-state index is 0.481.